The molecule has 2 aliphatic carbocycles. The van der Waals surface area contributed by atoms with Crippen LogP contribution in [0.25, 0.3) is 6.08 Å². The zero-order valence-corrected chi connectivity index (χ0v) is 21.9. The Morgan fingerprint density at radius 2 is 1.44 bits per heavy atom. The van der Waals surface area contributed by atoms with Crippen LogP contribution in [0.3, 0.4) is 0 Å². The minimum Gasteiger partial charge on any atom is -1.00 e. The molecular weight excluding hydrogens is 515 g/mol. The number of halogens is 2. The van der Waals surface area contributed by atoms with Crippen molar-refractivity contribution in [1.29, 1.82) is 0 Å². The SMILES string of the molecule is CC1=C(C)[C](C)([Zr+2][CH]2C(C(C)C)=Cc3ccccc32)C(C)=C1C.[Br-].[Br-]. The van der Waals surface area contributed by atoms with Crippen molar-refractivity contribution in [2.75, 3.05) is 0 Å². The number of hydrogen-bond acceptors (Lipinski definition) is 0. The molecule has 3 rings (SSSR count). The van der Waals surface area contributed by atoms with Gasteiger partial charge in [-0.05, 0) is 0 Å². The van der Waals surface area contributed by atoms with Crippen LogP contribution in [0, 0.1) is 5.92 Å². The van der Waals surface area contributed by atoms with Crippen LogP contribution in [0.2, 0.25) is 3.12 Å². The molecule has 0 aromatic heterocycles. The Hall–Kier alpha value is 0.283. The summed E-state index contributed by atoms with van der Waals surface area (Å²) in [7, 11) is 0. The van der Waals surface area contributed by atoms with Gasteiger partial charge >= 0.3 is 154 Å². The number of rotatable bonds is 3. The number of hydrogen-bond donors (Lipinski definition) is 0. The zero-order chi connectivity index (χ0) is 16.9. The van der Waals surface area contributed by atoms with E-state index >= 15 is 0 Å². The fourth-order valence-corrected chi connectivity index (χ4v) is 9.98. The average Bonchev–Trinajstić information content (AvgIpc) is 2.96. The fraction of sp³-hybridized carbons (Fsp3) is 0.455. The van der Waals surface area contributed by atoms with Crippen molar-refractivity contribution in [1.82, 2.24) is 0 Å². The third kappa shape index (κ3) is 3.81. The minimum absolute atomic E-state index is 0. The molecular formula is C22H28Br2Zr. The van der Waals surface area contributed by atoms with Gasteiger partial charge in [0.1, 0.15) is 0 Å². The van der Waals surface area contributed by atoms with Gasteiger partial charge < -0.3 is 34.0 Å². The first-order valence-electron chi connectivity index (χ1n) is 8.71. The smallest absolute Gasteiger partial charge is 1.00 e. The molecule has 0 amide bonds. The van der Waals surface area contributed by atoms with Crippen molar-refractivity contribution in [2.24, 2.45) is 5.92 Å². The van der Waals surface area contributed by atoms with Crippen LogP contribution in [0.5, 0.6) is 0 Å². The summed E-state index contributed by atoms with van der Waals surface area (Å²) in [6, 6.07) is 9.09. The van der Waals surface area contributed by atoms with Gasteiger partial charge in [0, 0.05) is 0 Å². The van der Waals surface area contributed by atoms with Crippen LogP contribution in [0.4, 0.5) is 0 Å². The van der Waals surface area contributed by atoms with Crippen molar-refractivity contribution < 1.29 is 57.2 Å². The molecule has 1 unspecified atom stereocenters. The zero-order valence-electron chi connectivity index (χ0n) is 16.3. The first kappa shape index (κ1) is 23.3. The van der Waals surface area contributed by atoms with Gasteiger partial charge in [0.2, 0.25) is 0 Å². The summed E-state index contributed by atoms with van der Waals surface area (Å²) in [5.74, 6) is 0.647. The molecule has 0 saturated heterocycles. The summed E-state index contributed by atoms with van der Waals surface area (Å²) in [5, 5.41) is 0. The van der Waals surface area contributed by atoms with Gasteiger partial charge in [-0.25, -0.2) is 0 Å². The van der Waals surface area contributed by atoms with Crippen molar-refractivity contribution in [3.05, 3.63) is 63.3 Å². The van der Waals surface area contributed by atoms with Gasteiger partial charge in [-0.1, -0.05) is 0 Å². The average molecular weight is 543 g/mol. The van der Waals surface area contributed by atoms with Gasteiger partial charge in [-0.15, -0.1) is 0 Å². The molecule has 0 aliphatic heterocycles. The van der Waals surface area contributed by atoms with Gasteiger partial charge in [0.15, 0.2) is 0 Å². The van der Waals surface area contributed by atoms with E-state index in [4.69, 9.17) is 0 Å². The monoisotopic (exact) mass is 540 g/mol. The van der Waals surface area contributed by atoms with Crippen LogP contribution < -0.4 is 34.0 Å². The summed E-state index contributed by atoms with van der Waals surface area (Å²) in [6.45, 7) is 16.7. The first-order valence-corrected chi connectivity index (χ1v) is 11.4. The third-order valence-corrected chi connectivity index (χ3v) is 11.8. The quantitative estimate of drug-likeness (QED) is 0.528. The van der Waals surface area contributed by atoms with E-state index in [2.05, 4.69) is 78.8 Å². The minimum atomic E-state index is -0.725. The molecule has 0 nitrogen and oxygen atoms in total. The molecule has 0 fully saturated rings. The van der Waals surface area contributed by atoms with E-state index < -0.39 is 23.2 Å². The molecule has 3 heteroatoms. The number of benzene rings is 1. The van der Waals surface area contributed by atoms with E-state index in [0.29, 0.717) is 9.04 Å². The second-order valence-corrected chi connectivity index (χ2v) is 12.2. The molecule has 1 atom stereocenters. The summed E-state index contributed by atoms with van der Waals surface area (Å²) in [4.78, 5) is 0. The summed E-state index contributed by atoms with van der Waals surface area (Å²) < 4.78 is 1.09. The van der Waals surface area contributed by atoms with E-state index in [9.17, 15) is 0 Å². The van der Waals surface area contributed by atoms with Crippen LogP contribution in [0.15, 0.2) is 52.1 Å². The Bertz CT molecular complexity index is 729. The van der Waals surface area contributed by atoms with Crippen LogP contribution in [0.1, 0.15) is 63.2 Å². The second kappa shape index (κ2) is 8.53. The summed E-state index contributed by atoms with van der Waals surface area (Å²) in [5.41, 5.74) is 11.1. The topological polar surface area (TPSA) is 0 Å². The van der Waals surface area contributed by atoms with Gasteiger partial charge in [-0.3, -0.25) is 0 Å². The molecule has 1 aromatic rings. The maximum absolute atomic E-state index is 2.53. The molecule has 134 valence electrons. The van der Waals surface area contributed by atoms with E-state index in [1.165, 1.54) is 5.56 Å². The normalized spacial score (nSPS) is 20.8. The molecule has 0 spiro atoms. The van der Waals surface area contributed by atoms with Crippen molar-refractivity contribution in [2.45, 2.75) is 55.2 Å². The van der Waals surface area contributed by atoms with Crippen LogP contribution in [-0.2, 0) is 23.2 Å². The molecule has 25 heavy (non-hydrogen) atoms. The van der Waals surface area contributed by atoms with E-state index in [1.807, 2.05) is 0 Å². The predicted molar refractivity (Wildman–Crippen MR) is 97.1 cm³/mol. The van der Waals surface area contributed by atoms with Gasteiger partial charge in [0.25, 0.3) is 0 Å². The maximum Gasteiger partial charge on any atom is -1.00 e. The van der Waals surface area contributed by atoms with Crippen molar-refractivity contribution in [3.63, 3.8) is 0 Å². The first-order chi connectivity index (χ1) is 10.8. The molecule has 1 aromatic carbocycles. The standard InChI is InChI=1S/C12H13.C10H15.2BrH.Zr/c1-9(2)12-7-10-5-3-4-6-11(10)8-12;1-6-7(2)9(4)10(5)8(6)3;;;/h3-9H,1-2H3;1-5H3;2*1H;/q;;;;+2/p-2. The van der Waals surface area contributed by atoms with E-state index in [1.54, 1.807) is 33.4 Å². The Morgan fingerprint density at radius 3 is 1.96 bits per heavy atom. The van der Waals surface area contributed by atoms with E-state index in [0.717, 1.165) is 3.63 Å². The molecule has 0 heterocycles. The van der Waals surface area contributed by atoms with Crippen molar-refractivity contribution in [3.8, 4) is 0 Å². The van der Waals surface area contributed by atoms with Crippen molar-refractivity contribution >= 4 is 6.08 Å². The molecule has 0 bridgehead atoms. The Morgan fingerprint density at radius 1 is 0.920 bits per heavy atom. The van der Waals surface area contributed by atoms with Crippen LogP contribution >= 0.6 is 0 Å². The molecule has 2 aliphatic rings. The third-order valence-electron chi connectivity index (χ3n) is 6.25. The molecule has 0 N–H and O–H groups in total. The van der Waals surface area contributed by atoms with Gasteiger partial charge in [0.05, 0.1) is 0 Å². The number of fused-ring (bicyclic) bond motifs is 1. The summed E-state index contributed by atoms with van der Waals surface area (Å²) in [6.07, 6.45) is 2.49. The Kier molecular flexibility index (Phi) is 7.96. The number of allylic oxidation sites excluding steroid dienone is 5. The maximum atomic E-state index is 2.53. The Balaban J connectivity index is 0.00000156. The molecule has 0 saturated carbocycles. The van der Waals surface area contributed by atoms with E-state index in [-0.39, 0.29) is 34.0 Å². The Labute approximate surface area is 186 Å². The predicted octanol–water partition coefficient (Wildman–Crippen LogP) is 0.736. The second-order valence-electron chi connectivity index (χ2n) is 7.63. The van der Waals surface area contributed by atoms with Crippen LogP contribution in [-0.4, -0.2) is 0 Å². The summed E-state index contributed by atoms with van der Waals surface area (Å²) >= 11 is -0.725. The fourth-order valence-electron chi connectivity index (χ4n) is 4.11. The largest absolute Gasteiger partial charge is 1.00 e. The van der Waals surface area contributed by atoms with Gasteiger partial charge in [-0.2, -0.15) is 0 Å². The molecule has 0 radical (unpaired) electrons.